The summed E-state index contributed by atoms with van der Waals surface area (Å²) in [4.78, 5) is 0. The number of halogens is 9. The normalized spacial score (nSPS) is 15.2. The Morgan fingerprint density at radius 2 is 0.615 bits per heavy atom. The van der Waals surface area contributed by atoms with Gasteiger partial charge in [-0.1, -0.05) is 0 Å². The van der Waals surface area contributed by atoms with Gasteiger partial charge in [0.05, 0.1) is 0 Å². The first-order valence-electron chi connectivity index (χ1n) is 2.45. The maximum Gasteiger partial charge on any atom is 0.326 e. The van der Waals surface area contributed by atoms with Crippen molar-refractivity contribution in [2.45, 2.75) is 0 Å². The number of hydrogen-bond donors (Lipinski definition) is 0. The van der Waals surface area contributed by atoms with Gasteiger partial charge in [-0.05, 0) is 0 Å². The van der Waals surface area contributed by atoms with Gasteiger partial charge in [-0.25, -0.2) is 0 Å². The quantitative estimate of drug-likeness (QED) is 0.450. The Kier molecular flexibility index (Phi) is 6.86. The SMILES string of the molecule is Cl[Si](Cl)(Cl)[Si]([Si](Cl)(Cl)Cl)[Si](Cl)(Cl)Cl. The molecule has 0 N–H and O–H groups in total. The van der Waals surface area contributed by atoms with Crippen molar-refractivity contribution >= 4 is 124 Å². The molecular formula is Cl9Si4. The van der Waals surface area contributed by atoms with Crippen LogP contribution in [0.2, 0.25) is 0 Å². The van der Waals surface area contributed by atoms with Gasteiger partial charge in [-0.2, -0.15) is 0 Å². The van der Waals surface area contributed by atoms with Crippen molar-refractivity contribution in [3.63, 3.8) is 0 Å². The van der Waals surface area contributed by atoms with Crippen LogP contribution in [-0.2, 0) is 0 Å². The molecule has 0 aliphatic heterocycles. The fraction of sp³-hybridized carbons (Fsp3) is 0. The van der Waals surface area contributed by atoms with E-state index in [2.05, 4.69) is 0 Å². The second kappa shape index (κ2) is 5.41. The summed E-state index contributed by atoms with van der Waals surface area (Å²) in [6.07, 6.45) is 0. The molecule has 0 aromatic heterocycles. The molecule has 0 aromatic rings. The Labute approximate surface area is 122 Å². The van der Waals surface area contributed by atoms with Gasteiger partial charge in [-0.3, -0.25) is 0 Å². The first-order valence-corrected chi connectivity index (χ1v) is 22.1. The zero-order chi connectivity index (χ0) is 11.1. The highest BCUT2D eigenvalue weighted by Crippen LogP contribution is 2.43. The third kappa shape index (κ3) is 6.09. The molecule has 79 valence electrons. The van der Waals surface area contributed by atoms with Crippen molar-refractivity contribution < 1.29 is 0 Å². The fourth-order valence-corrected chi connectivity index (χ4v) is 117. The first-order chi connectivity index (χ1) is 5.37. The van der Waals surface area contributed by atoms with E-state index in [4.69, 9.17) is 99.7 Å². The Balaban J connectivity index is 5.02. The average molecular weight is 431 g/mol. The average Bonchev–Trinajstić information content (AvgIpc) is 1.44. The zero-order valence-corrected chi connectivity index (χ0v) is 16.2. The Bertz CT molecular complexity index is 134. The van der Waals surface area contributed by atoms with Crippen molar-refractivity contribution in [3.05, 3.63) is 0 Å². The van der Waals surface area contributed by atoms with Gasteiger partial charge in [-0.15, -0.1) is 99.7 Å². The molecule has 0 saturated heterocycles. The van der Waals surface area contributed by atoms with Gasteiger partial charge in [0.25, 0.3) is 0 Å². The lowest BCUT2D eigenvalue weighted by atomic mass is 26.2. The summed E-state index contributed by atoms with van der Waals surface area (Å²) < 4.78 is 0. The maximum atomic E-state index is 5.75. The summed E-state index contributed by atoms with van der Waals surface area (Å²) in [5.74, 6) is 0. The highest BCUT2D eigenvalue weighted by atomic mass is 35.9. The van der Waals surface area contributed by atoms with E-state index in [9.17, 15) is 0 Å². The summed E-state index contributed by atoms with van der Waals surface area (Å²) in [5.41, 5.74) is -9.62. The van der Waals surface area contributed by atoms with Crippen LogP contribution in [0.1, 0.15) is 0 Å². The van der Waals surface area contributed by atoms with E-state index in [1.165, 1.54) is 0 Å². The molecule has 0 heterocycles. The van der Waals surface area contributed by atoms with Crippen LogP contribution in [0.25, 0.3) is 0 Å². The molecule has 0 spiro atoms. The van der Waals surface area contributed by atoms with Crippen LogP contribution in [0.3, 0.4) is 0 Å². The van der Waals surface area contributed by atoms with Crippen molar-refractivity contribution in [3.8, 4) is 0 Å². The van der Waals surface area contributed by atoms with Gasteiger partial charge in [0.1, 0.15) is 0 Å². The van der Waals surface area contributed by atoms with Crippen molar-refractivity contribution in [1.82, 2.24) is 0 Å². The topological polar surface area (TPSA) is 0 Å². The molecule has 1 radical (unpaired) electrons. The molecule has 0 rings (SSSR count). The zero-order valence-electron chi connectivity index (χ0n) is 5.40. The first kappa shape index (κ1) is 16.5. The van der Waals surface area contributed by atoms with Crippen molar-refractivity contribution in [2.75, 3.05) is 0 Å². The van der Waals surface area contributed by atoms with Gasteiger partial charge in [0.2, 0.25) is 0 Å². The number of hydrogen-bond acceptors (Lipinski definition) is 0. The smallest absolute Gasteiger partial charge is 0.130 e. The largest absolute Gasteiger partial charge is 0.326 e. The third-order valence-corrected chi connectivity index (χ3v) is 68.9. The molecule has 13 heteroatoms. The third-order valence-electron chi connectivity index (χ3n) is 0.850. The minimum absolute atomic E-state index is 2.09. The van der Waals surface area contributed by atoms with E-state index in [1.54, 1.807) is 0 Å². The van der Waals surface area contributed by atoms with Gasteiger partial charge >= 0.3 is 16.6 Å². The molecule has 0 atom stereocenters. The molecule has 0 amide bonds. The van der Waals surface area contributed by atoms with Crippen LogP contribution in [-0.4, -0.2) is 23.9 Å². The molecule has 0 fully saturated rings. The Morgan fingerprint density at radius 1 is 0.462 bits per heavy atom. The Morgan fingerprint density at radius 3 is 0.615 bits per heavy atom. The predicted octanol–water partition coefficient (Wildman–Crippen LogP) is 4.68. The highest BCUT2D eigenvalue weighted by molar-refractivity contribution is 8.24. The van der Waals surface area contributed by atoms with E-state index >= 15 is 0 Å². The molecule has 0 aromatic carbocycles. The summed E-state index contributed by atoms with van der Waals surface area (Å²) in [5, 5.41) is 0. The van der Waals surface area contributed by atoms with Gasteiger partial charge in [0.15, 0.2) is 7.35 Å². The molecule has 13 heavy (non-hydrogen) atoms. The number of rotatable bonds is 3. The lowest BCUT2D eigenvalue weighted by molar-refractivity contribution is 3.33. The van der Waals surface area contributed by atoms with Crippen LogP contribution in [0.4, 0.5) is 0 Å². The standard InChI is InChI=1S/Cl9Si4/c1-11(2,3)10(12(4,5)6)13(7,8)9. The lowest BCUT2D eigenvalue weighted by Gasteiger charge is -2.28. The van der Waals surface area contributed by atoms with E-state index in [0.29, 0.717) is 0 Å². The van der Waals surface area contributed by atoms with Crippen LogP contribution >= 0.6 is 99.7 Å². The van der Waals surface area contributed by atoms with E-state index < -0.39 is 23.9 Å². The van der Waals surface area contributed by atoms with Gasteiger partial charge in [0, 0.05) is 0 Å². The highest BCUT2D eigenvalue weighted by Gasteiger charge is 2.64. The molecule has 0 aliphatic rings. The maximum absolute atomic E-state index is 5.75. The summed E-state index contributed by atoms with van der Waals surface area (Å²) in [6.45, 7) is 0. The summed E-state index contributed by atoms with van der Waals surface area (Å²) in [7, 11) is -2.09. The second-order valence-corrected chi connectivity index (χ2v) is 50.4. The molecule has 0 nitrogen and oxygen atoms in total. The molecule has 0 aliphatic carbocycles. The van der Waals surface area contributed by atoms with Gasteiger partial charge < -0.3 is 0 Å². The molecule has 0 unspecified atom stereocenters. The molecular weight excluding hydrogens is 431 g/mol. The van der Waals surface area contributed by atoms with E-state index in [-0.39, 0.29) is 0 Å². The van der Waals surface area contributed by atoms with Crippen LogP contribution in [0.15, 0.2) is 0 Å². The summed E-state index contributed by atoms with van der Waals surface area (Å²) in [6, 6.07) is 0. The predicted molar refractivity (Wildman–Crippen MR) is 75.7 cm³/mol. The van der Waals surface area contributed by atoms with E-state index in [1.807, 2.05) is 0 Å². The van der Waals surface area contributed by atoms with Crippen molar-refractivity contribution in [1.29, 1.82) is 0 Å². The second-order valence-electron chi connectivity index (χ2n) is 1.87. The summed E-state index contributed by atoms with van der Waals surface area (Å²) >= 11 is 51.7. The molecule has 0 saturated carbocycles. The van der Waals surface area contributed by atoms with Crippen LogP contribution < -0.4 is 0 Å². The van der Waals surface area contributed by atoms with Crippen LogP contribution in [0.5, 0.6) is 0 Å². The molecule has 0 bridgehead atoms. The minimum atomic E-state index is -3.21. The monoisotopic (exact) mass is 427 g/mol. The lowest BCUT2D eigenvalue weighted by Crippen LogP contribution is -2.62. The minimum Gasteiger partial charge on any atom is -0.130 e. The van der Waals surface area contributed by atoms with Crippen LogP contribution in [0, 0.1) is 0 Å². The van der Waals surface area contributed by atoms with Crippen molar-refractivity contribution in [2.24, 2.45) is 0 Å². The fourth-order valence-electron chi connectivity index (χ4n) is 0.482. The Hall–Kier alpha value is 3.48. The van der Waals surface area contributed by atoms with E-state index in [0.717, 1.165) is 0 Å².